The third-order valence-corrected chi connectivity index (χ3v) is 6.81. The molecule has 8 heteroatoms. The van der Waals surface area contributed by atoms with E-state index in [1.54, 1.807) is 12.1 Å². The number of anilines is 1. The molecule has 25 heavy (non-hydrogen) atoms. The predicted molar refractivity (Wildman–Crippen MR) is 96.6 cm³/mol. The molecule has 0 bridgehead atoms. The lowest BCUT2D eigenvalue weighted by molar-refractivity contribution is -0.126. The fourth-order valence-corrected chi connectivity index (χ4v) is 5.15. The van der Waals surface area contributed by atoms with Gasteiger partial charge in [-0.05, 0) is 25.5 Å². The van der Waals surface area contributed by atoms with Gasteiger partial charge in [0.15, 0.2) is 9.84 Å². The van der Waals surface area contributed by atoms with Gasteiger partial charge in [0.2, 0.25) is 5.91 Å². The number of nitrogens with zero attached hydrogens (tertiary/aromatic N) is 2. The predicted octanol–water partition coefficient (Wildman–Crippen LogP) is 0.206. The summed E-state index contributed by atoms with van der Waals surface area (Å²) in [7, 11) is -2.99. The van der Waals surface area contributed by atoms with E-state index < -0.39 is 9.84 Å². The number of benzene rings is 1. The quantitative estimate of drug-likeness (QED) is 0.791. The third kappa shape index (κ3) is 4.24. The Morgan fingerprint density at radius 2 is 1.92 bits per heavy atom. The smallest absolute Gasteiger partial charge is 0.237 e. The Morgan fingerprint density at radius 1 is 1.24 bits per heavy atom. The van der Waals surface area contributed by atoms with Gasteiger partial charge in [0.25, 0.3) is 0 Å². The summed E-state index contributed by atoms with van der Waals surface area (Å²) < 4.78 is 23.0. The van der Waals surface area contributed by atoms with Crippen LogP contribution in [0.2, 0.25) is 0 Å². The van der Waals surface area contributed by atoms with E-state index >= 15 is 0 Å². The molecule has 2 saturated heterocycles. The van der Waals surface area contributed by atoms with E-state index in [2.05, 4.69) is 15.1 Å². The number of hydrogen-bond donors (Lipinski definition) is 2. The van der Waals surface area contributed by atoms with Gasteiger partial charge in [0, 0.05) is 32.2 Å². The highest BCUT2D eigenvalue weighted by Crippen LogP contribution is 2.27. The van der Waals surface area contributed by atoms with Gasteiger partial charge in [-0.15, -0.1) is 0 Å². The molecule has 7 nitrogen and oxygen atoms in total. The van der Waals surface area contributed by atoms with Crippen molar-refractivity contribution in [1.29, 1.82) is 0 Å². The fraction of sp³-hybridized carbons (Fsp3) is 0.588. The maximum atomic E-state index is 12.4. The molecule has 0 spiro atoms. The molecule has 0 unspecified atom stereocenters. The van der Waals surface area contributed by atoms with Gasteiger partial charge in [-0.2, -0.15) is 0 Å². The van der Waals surface area contributed by atoms with E-state index in [0.717, 1.165) is 18.8 Å². The van der Waals surface area contributed by atoms with Crippen molar-refractivity contribution in [3.8, 4) is 5.75 Å². The van der Waals surface area contributed by atoms with Crippen molar-refractivity contribution in [3.05, 3.63) is 24.3 Å². The maximum Gasteiger partial charge on any atom is 0.237 e. The molecule has 2 aliphatic heterocycles. The van der Waals surface area contributed by atoms with Crippen molar-refractivity contribution in [3.63, 3.8) is 0 Å². The van der Waals surface area contributed by atoms with Crippen LogP contribution in [-0.4, -0.2) is 74.1 Å². The molecule has 2 atom stereocenters. The third-order valence-electron chi connectivity index (χ3n) is 5.04. The Labute approximate surface area is 148 Å². The van der Waals surface area contributed by atoms with Gasteiger partial charge in [-0.3, -0.25) is 9.69 Å². The number of carbonyl (C=O) groups is 1. The van der Waals surface area contributed by atoms with Gasteiger partial charge < -0.3 is 15.3 Å². The topological polar surface area (TPSA) is 90.0 Å². The Kier molecular flexibility index (Phi) is 5.19. The zero-order chi connectivity index (χ0) is 18.0. The second kappa shape index (κ2) is 7.21. The zero-order valence-corrected chi connectivity index (χ0v) is 15.2. The maximum absolute atomic E-state index is 12.4. The second-order valence-electron chi connectivity index (χ2n) is 6.80. The number of para-hydroxylation sites is 2. The van der Waals surface area contributed by atoms with Crippen molar-refractivity contribution in [2.45, 2.75) is 25.4 Å². The standard InChI is InChI=1S/C17H25N3O4S/c1-13(17(22)18-14-6-11-25(23,24)12-14)19-7-9-20(10-8-19)15-4-2-3-5-16(15)21/h2-5,13-14,21H,6-12H2,1H3,(H,18,22)/t13-,14-/m0/s1. The van der Waals surface area contributed by atoms with Gasteiger partial charge >= 0.3 is 0 Å². The number of rotatable bonds is 4. The first-order valence-corrected chi connectivity index (χ1v) is 10.5. The molecule has 1 aromatic rings. The van der Waals surface area contributed by atoms with E-state index in [1.807, 2.05) is 19.1 Å². The van der Waals surface area contributed by atoms with Crippen molar-refractivity contribution >= 4 is 21.4 Å². The van der Waals surface area contributed by atoms with Gasteiger partial charge in [0.05, 0.1) is 23.2 Å². The SMILES string of the molecule is C[C@@H](C(=O)N[C@H]1CCS(=O)(=O)C1)N1CCN(c2ccccc2O)CC1. The average Bonchev–Trinajstić information content (AvgIpc) is 2.93. The largest absolute Gasteiger partial charge is 0.506 e. The lowest BCUT2D eigenvalue weighted by atomic mass is 10.1. The molecular weight excluding hydrogens is 342 g/mol. The zero-order valence-electron chi connectivity index (χ0n) is 14.4. The Hall–Kier alpha value is -1.80. The minimum atomic E-state index is -2.99. The van der Waals surface area contributed by atoms with E-state index in [1.165, 1.54) is 0 Å². The molecular formula is C17H25N3O4S. The van der Waals surface area contributed by atoms with E-state index in [9.17, 15) is 18.3 Å². The minimum absolute atomic E-state index is 0.0481. The van der Waals surface area contributed by atoms with Gasteiger partial charge in [-0.1, -0.05) is 12.1 Å². The summed E-state index contributed by atoms with van der Waals surface area (Å²) in [5.41, 5.74) is 0.815. The lowest BCUT2D eigenvalue weighted by Gasteiger charge is -2.38. The van der Waals surface area contributed by atoms with E-state index in [-0.39, 0.29) is 35.2 Å². The summed E-state index contributed by atoms with van der Waals surface area (Å²) in [6.07, 6.45) is 0.502. The first-order valence-electron chi connectivity index (χ1n) is 8.63. The molecule has 138 valence electrons. The van der Waals surface area contributed by atoms with Crippen LogP contribution in [0.1, 0.15) is 13.3 Å². The van der Waals surface area contributed by atoms with Crippen LogP contribution in [0.3, 0.4) is 0 Å². The summed E-state index contributed by atoms with van der Waals surface area (Å²) in [6, 6.07) is 6.70. The van der Waals surface area contributed by atoms with E-state index in [4.69, 9.17) is 0 Å². The van der Waals surface area contributed by atoms with E-state index in [0.29, 0.717) is 19.5 Å². The highest BCUT2D eigenvalue weighted by Gasteiger charge is 2.32. The molecule has 0 radical (unpaired) electrons. The molecule has 0 aliphatic carbocycles. The monoisotopic (exact) mass is 367 g/mol. The molecule has 3 rings (SSSR count). The Morgan fingerprint density at radius 3 is 2.52 bits per heavy atom. The number of hydrogen-bond acceptors (Lipinski definition) is 6. The summed E-state index contributed by atoms with van der Waals surface area (Å²) in [6.45, 7) is 4.74. The Bertz CT molecular complexity index is 729. The average molecular weight is 367 g/mol. The fourth-order valence-electron chi connectivity index (χ4n) is 3.48. The van der Waals surface area contributed by atoms with Crippen LogP contribution in [0.4, 0.5) is 5.69 Å². The Balaban J connectivity index is 1.52. The molecule has 2 heterocycles. The highest BCUT2D eigenvalue weighted by atomic mass is 32.2. The van der Waals surface area contributed by atoms with Crippen LogP contribution in [0.25, 0.3) is 0 Å². The number of sulfone groups is 1. The molecule has 1 aromatic carbocycles. The van der Waals surface area contributed by atoms with Gasteiger partial charge in [-0.25, -0.2) is 8.42 Å². The first kappa shape index (κ1) is 18.0. The number of piperazine rings is 1. The number of nitrogens with one attached hydrogen (secondary N) is 1. The number of phenolic OH excluding ortho intramolecular Hbond substituents is 1. The molecule has 1 amide bonds. The number of amides is 1. The van der Waals surface area contributed by atoms with Crippen molar-refractivity contribution in [1.82, 2.24) is 10.2 Å². The van der Waals surface area contributed by atoms with Crippen molar-refractivity contribution < 1.29 is 18.3 Å². The molecule has 2 N–H and O–H groups in total. The minimum Gasteiger partial charge on any atom is -0.506 e. The number of aromatic hydroxyl groups is 1. The van der Waals surface area contributed by atoms with Crippen LogP contribution < -0.4 is 10.2 Å². The van der Waals surface area contributed by atoms with Crippen molar-refractivity contribution in [2.24, 2.45) is 0 Å². The number of carbonyl (C=O) groups excluding carboxylic acids is 1. The van der Waals surface area contributed by atoms with Crippen LogP contribution >= 0.6 is 0 Å². The highest BCUT2D eigenvalue weighted by molar-refractivity contribution is 7.91. The van der Waals surface area contributed by atoms with Crippen LogP contribution in [0.15, 0.2) is 24.3 Å². The summed E-state index contributed by atoms with van der Waals surface area (Å²) >= 11 is 0. The van der Waals surface area contributed by atoms with Gasteiger partial charge in [0.1, 0.15) is 5.75 Å². The first-order chi connectivity index (χ1) is 11.9. The van der Waals surface area contributed by atoms with Crippen LogP contribution in [-0.2, 0) is 14.6 Å². The summed E-state index contributed by atoms with van der Waals surface area (Å²) in [5, 5.41) is 12.8. The second-order valence-corrected chi connectivity index (χ2v) is 9.02. The summed E-state index contributed by atoms with van der Waals surface area (Å²) in [4.78, 5) is 16.6. The molecule has 0 aromatic heterocycles. The van der Waals surface area contributed by atoms with Crippen LogP contribution in [0, 0.1) is 0 Å². The molecule has 2 fully saturated rings. The molecule has 0 saturated carbocycles. The summed E-state index contributed by atoms with van der Waals surface area (Å²) in [5.74, 6) is 0.361. The van der Waals surface area contributed by atoms with Crippen LogP contribution in [0.5, 0.6) is 5.75 Å². The number of phenols is 1. The normalized spacial score (nSPS) is 24.8. The van der Waals surface area contributed by atoms with Crippen molar-refractivity contribution in [2.75, 3.05) is 42.6 Å². The molecule has 2 aliphatic rings. The lowest BCUT2D eigenvalue weighted by Crippen LogP contribution is -2.55.